The summed E-state index contributed by atoms with van der Waals surface area (Å²) in [6.45, 7) is 11.3. The number of fused-ring (bicyclic) bond motifs is 3. The van der Waals surface area contributed by atoms with E-state index in [4.69, 9.17) is 25.8 Å². The number of morpholine rings is 1. The van der Waals surface area contributed by atoms with Gasteiger partial charge in [0.25, 0.3) is 21.5 Å². The molecule has 0 saturated carbocycles. The Balaban J connectivity index is 0.946. The minimum Gasteiger partial charge on any atom is -0.485 e. The zero-order chi connectivity index (χ0) is 47.5. The molecule has 0 bridgehead atoms. The van der Waals surface area contributed by atoms with Gasteiger partial charge in [-0.25, -0.2) is 27.5 Å². The van der Waals surface area contributed by atoms with E-state index in [2.05, 4.69) is 55.4 Å². The van der Waals surface area contributed by atoms with Crippen LogP contribution in [0.4, 0.5) is 11.4 Å². The Morgan fingerprint density at radius 1 is 1.00 bits per heavy atom. The Labute approximate surface area is 397 Å². The van der Waals surface area contributed by atoms with Gasteiger partial charge in [-0.2, -0.15) is 0 Å². The number of aromatic amines is 1. The maximum absolute atomic E-state index is 14.5. The lowest BCUT2D eigenvalue weighted by Crippen LogP contribution is -2.47. The lowest BCUT2D eigenvalue weighted by Gasteiger charge is -2.39. The Morgan fingerprint density at radius 2 is 1.76 bits per heavy atom. The van der Waals surface area contributed by atoms with Crippen molar-refractivity contribution in [2.45, 2.75) is 44.1 Å². The number of sulfonamides is 1. The number of pyridine rings is 1. The van der Waals surface area contributed by atoms with Crippen LogP contribution in [0.15, 0.2) is 88.2 Å². The molecule has 18 nitrogen and oxygen atoms in total. The smallest absolute Gasteiger partial charge is 0.316 e. The molecule has 1 aliphatic carbocycles. The van der Waals surface area contributed by atoms with Gasteiger partial charge in [-0.3, -0.25) is 29.5 Å². The second-order valence-electron chi connectivity index (χ2n) is 18.7. The number of allylic oxidation sites excluding steroid dienone is 1. The fourth-order valence-electron chi connectivity index (χ4n) is 9.83. The van der Waals surface area contributed by atoms with E-state index < -0.39 is 43.1 Å². The van der Waals surface area contributed by atoms with Crippen LogP contribution in [-0.2, 0) is 21.8 Å². The van der Waals surface area contributed by atoms with Gasteiger partial charge in [0.2, 0.25) is 5.75 Å². The first kappa shape index (κ1) is 45.5. The predicted octanol–water partition coefficient (Wildman–Crippen LogP) is 6.14. The van der Waals surface area contributed by atoms with Gasteiger partial charge in [0, 0.05) is 93.8 Å². The molecule has 3 aromatic heterocycles. The van der Waals surface area contributed by atoms with Crippen molar-refractivity contribution in [1.82, 2.24) is 33.9 Å². The number of carbonyl (C=O) groups excluding carboxylic acids is 1. The summed E-state index contributed by atoms with van der Waals surface area (Å²) in [7, 11) is -3.20. The number of hydrogen-bond acceptors (Lipinski definition) is 13. The molecule has 3 aliphatic heterocycles. The van der Waals surface area contributed by atoms with Crippen LogP contribution in [0, 0.1) is 15.5 Å². The monoisotopic (exact) mass is 965 g/mol. The van der Waals surface area contributed by atoms with Crippen LogP contribution in [0.25, 0.3) is 33.3 Å². The van der Waals surface area contributed by atoms with Crippen LogP contribution in [0.2, 0.25) is 5.02 Å². The molecule has 2 saturated heterocycles. The zero-order valence-corrected chi connectivity index (χ0v) is 39.6. The van der Waals surface area contributed by atoms with Crippen molar-refractivity contribution in [1.29, 1.82) is 0 Å². The Kier molecular flexibility index (Phi) is 12.1. The quantitative estimate of drug-likeness (QED) is 0.111. The molecule has 2 N–H and O–H groups in total. The predicted molar refractivity (Wildman–Crippen MR) is 258 cm³/mol. The van der Waals surface area contributed by atoms with Gasteiger partial charge in [0.15, 0.2) is 11.3 Å². The first-order valence-electron chi connectivity index (χ1n) is 22.7. The molecule has 1 atom stereocenters. The topological polar surface area (TPSA) is 199 Å². The Morgan fingerprint density at radius 3 is 2.51 bits per heavy atom. The molecule has 3 aromatic carbocycles. The van der Waals surface area contributed by atoms with E-state index in [9.17, 15) is 28.1 Å². The number of nitro benzene ring substituents is 1. The Bertz CT molecular complexity index is 3170. The zero-order valence-electron chi connectivity index (χ0n) is 38.0. The summed E-state index contributed by atoms with van der Waals surface area (Å²) < 4.78 is 50.6. The summed E-state index contributed by atoms with van der Waals surface area (Å²) in [5.41, 5.74) is 5.16. The van der Waals surface area contributed by atoms with Gasteiger partial charge in [0.05, 0.1) is 39.8 Å². The van der Waals surface area contributed by atoms with E-state index in [0.717, 1.165) is 62.1 Å². The van der Waals surface area contributed by atoms with E-state index in [1.165, 1.54) is 27.5 Å². The van der Waals surface area contributed by atoms with Gasteiger partial charge >= 0.3 is 5.69 Å². The molecular weight excluding hydrogens is 914 g/mol. The highest BCUT2D eigenvalue weighted by atomic mass is 35.5. The molecule has 68 heavy (non-hydrogen) atoms. The first-order valence-corrected chi connectivity index (χ1v) is 24.6. The minimum atomic E-state index is -4.76. The van der Waals surface area contributed by atoms with Crippen LogP contribution >= 0.6 is 11.6 Å². The van der Waals surface area contributed by atoms with Crippen LogP contribution < -0.4 is 24.7 Å². The number of nitro groups is 1. The lowest BCUT2D eigenvalue weighted by atomic mass is 9.72. The third-order valence-corrected chi connectivity index (χ3v) is 15.1. The fourth-order valence-corrected chi connectivity index (χ4v) is 11.0. The van der Waals surface area contributed by atoms with Crippen molar-refractivity contribution >= 4 is 66.5 Å². The number of hydrogen-bond donors (Lipinski definition) is 2. The number of ether oxygens (including phenoxy) is 3. The van der Waals surface area contributed by atoms with Crippen LogP contribution in [0.1, 0.15) is 49.0 Å². The normalized spacial score (nSPS) is 19.2. The van der Waals surface area contributed by atoms with Crippen molar-refractivity contribution in [2.24, 2.45) is 12.5 Å². The van der Waals surface area contributed by atoms with Crippen LogP contribution in [0.3, 0.4) is 0 Å². The number of rotatable bonds is 11. The number of carbonyl (C=O) groups is 1. The minimum absolute atomic E-state index is 0.0252. The maximum atomic E-state index is 14.5. The highest BCUT2D eigenvalue weighted by Gasteiger charge is 2.35. The lowest BCUT2D eigenvalue weighted by molar-refractivity contribution is -0.386. The number of nitrogens with zero attached hydrogens (tertiary/aromatic N) is 7. The standard InChI is InChI=1S/C48H52ClN9O9S/c1-48(2)12-10-32(38(26-48)30-4-6-33(49)7-5-30)27-54-14-16-56(17-15-54)34-8-9-37(39(23-34)57-40-22-31-11-13-50-45(31)51-43(40)47(60)53(57)3)46(59)52-68(63,64)36-24-41(58(61)62)44-42(25-36)66-29-35(67-44)28-55-18-20-65-21-19-55/h4-9,11,13,22-25,35H,10,12,14-21,26-29H2,1-3H3,(H,50,51)(H,52,59). The van der Waals surface area contributed by atoms with Crippen LogP contribution in [-0.4, -0.2) is 127 Å². The average Bonchev–Trinajstić information content (AvgIpc) is 3.88. The fraction of sp³-hybridized carbons (Fsp3) is 0.396. The van der Waals surface area contributed by atoms with E-state index in [0.29, 0.717) is 62.1 Å². The van der Waals surface area contributed by atoms with Gasteiger partial charge < -0.3 is 24.1 Å². The second kappa shape index (κ2) is 18.0. The van der Waals surface area contributed by atoms with Gasteiger partial charge in [-0.05, 0) is 78.3 Å². The number of nitrogens with one attached hydrogen (secondary N) is 2. The molecule has 20 heteroatoms. The van der Waals surface area contributed by atoms with E-state index >= 15 is 0 Å². The second-order valence-corrected chi connectivity index (χ2v) is 20.9. The molecule has 1 amide bonds. The summed E-state index contributed by atoms with van der Waals surface area (Å²) in [6, 6.07) is 18.8. The molecule has 1 unspecified atom stereocenters. The van der Waals surface area contributed by atoms with Gasteiger partial charge in [-0.15, -0.1) is 0 Å². The summed E-state index contributed by atoms with van der Waals surface area (Å²) in [5.74, 6) is -1.34. The first-order chi connectivity index (χ1) is 32.6. The molecule has 356 valence electrons. The van der Waals surface area contributed by atoms with Crippen LogP contribution in [0.5, 0.6) is 11.5 Å². The molecule has 6 heterocycles. The number of halogens is 1. The van der Waals surface area contributed by atoms with Crippen molar-refractivity contribution in [3.05, 3.63) is 115 Å². The number of piperazine rings is 1. The molecule has 4 aliphatic rings. The van der Waals surface area contributed by atoms with Gasteiger partial charge in [-0.1, -0.05) is 43.2 Å². The third kappa shape index (κ3) is 8.96. The van der Waals surface area contributed by atoms with E-state index in [1.54, 1.807) is 36.1 Å². The Hall–Kier alpha value is -6.25. The van der Waals surface area contributed by atoms with Gasteiger partial charge in [0.1, 0.15) is 18.4 Å². The number of benzene rings is 3. The molecule has 10 rings (SSSR count). The summed E-state index contributed by atoms with van der Waals surface area (Å²) >= 11 is 6.27. The summed E-state index contributed by atoms with van der Waals surface area (Å²) in [5, 5.41) is 13.8. The third-order valence-electron chi connectivity index (χ3n) is 13.5. The molecule has 2 fully saturated rings. The van der Waals surface area contributed by atoms with Crippen molar-refractivity contribution in [3.63, 3.8) is 0 Å². The summed E-state index contributed by atoms with van der Waals surface area (Å²) in [6.07, 6.45) is 4.28. The SMILES string of the molecule is Cn1c(=O)c2nc3[nH]ccc3cc2n1-c1cc(N2CCN(CC3=C(c4ccc(Cl)cc4)CC(C)(C)CC3)CC2)ccc1C(=O)NS(=O)(=O)c1cc2c(c([N+](=O)[O-])c1)OC(CN1CCOCC1)CO2. The molecule has 0 radical (unpaired) electrons. The average molecular weight is 967 g/mol. The maximum Gasteiger partial charge on any atom is 0.316 e. The summed E-state index contributed by atoms with van der Waals surface area (Å²) in [4.78, 5) is 53.8. The number of H-pyrrole nitrogens is 1. The van der Waals surface area contributed by atoms with Crippen molar-refractivity contribution < 1.29 is 32.3 Å². The highest BCUT2D eigenvalue weighted by molar-refractivity contribution is 7.90. The largest absolute Gasteiger partial charge is 0.485 e. The van der Waals surface area contributed by atoms with E-state index in [-0.39, 0.29) is 40.3 Å². The van der Waals surface area contributed by atoms with Crippen molar-refractivity contribution in [2.75, 3.05) is 77.1 Å². The number of amides is 1. The molecular formula is C48H52ClN9O9S. The van der Waals surface area contributed by atoms with E-state index in [1.807, 2.05) is 18.2 Å². The molecule has 0 spiro atoms. The molecule has 6 aromatic rings. The van der Waals surface area contributed by atoms with Crippen molar-refractivity contribution in [3.8, 4) is 17.2 Å². The highest BCUT2D eigenvalue weighted by Crippen LogP contribution is 2.44. The number of aromatic nitrogens is 4. The number of anilines is 1.